The van der Waals surface area contributed by atoms with Crippen molar-refractivity contribution in [3.05, 3.63) is 70.9 Å². The van der Waals surface area contributed by atoms with Crippen molar-refractivity contribution in [3.63, 3.8) is 0 Å². The fourth-order valence-corrected chi connectivity index (χ4v) is 11.1. The number of ether oxygens (including phenoxy) is 2. The van der Waals surface area contributed by atoms with E-state index in [9.17, 15) is 47.4 Å². The number of benzene rings is 2. The van der Waals surface area contributed by atoms with Crippen LogP contribution >= 0.6 is 22.7 Å². The van der Waals surface area contributed by atoms with Crippen LogP contribution in [0.15, 0.2) is 69.9 Å². The number of aromatic nitrogens is 6. The number of anilines is 2. The number of carboxylic acid groups (broad SMARTS) is 2. The van der Waals surface area contributed by atoms with Crippen molar-refractivity contribution < 1.29 is 84.5 Å². The van der Waals surface area contributed by atoms with Crippen molar-refractivity contribution in [2.45, 2.75) is 76.2 Å². The Morgan fingerprint density at radius 2 is 1.03 bits per heavy atom. The molecule has 8 rings (SSSR count). The molecule has 2 fully saturated rings. The first-order chi connectivity index (χ1) is 41.1. The molecule has 6 aromatic rings. The van der Waals surface area contributed by atoms with Crippen molar-refractivity contribution in [1.82, 2.24) is 40.1 Å². The van der Waals surface area contributed by atoms with E-state index < -0.39 is 106 Å². The molecule has 4 amide bonds. The molecule has 468 valence electrons. The molecule has 0 bridgehead atoms. The minimum absolute atomic E-state index is 0.0165. The number of carbonyl (C=O) groups is 6. The van der Waals surface area contributed by atoms with E-state index in [1.165, 1.54) is 38.5 Å². The largest absolute Gasteiger partial charge is 0.489 e. The Bertz CT molecular complexity index is 3540. The van der Waals surface area contributed by atoms with Gasteiger partial charge in [-0.3, -0.25) is 19.2 Å². The molecule has 34 nitrogen and oxygen atoms in total. The number of nitrogens with two attached hydrogens (primary N) is 6. The Kier molecular flexibility index (Phi) is 19.3. The number of carbonyl (C=O) groups excluding carboxylic acids is 4. The summed E-state index contributed by atoms with van der Waals surface area (Å²) in [5.74, 6) is -6.95. The summed E-state index contributed by atoms with van der Waals surface area (Å²) in [6.45, 7) is 6.71. The summed E-state index contributed by atoms with van der Waals surface area (Å²) < 4.78 is 56.2. The lowest BCUT2D eigenvalue weighted by Crippen LogP contribution is -2.78. The van der Waals surface area contributed by atoms with Gasteiger partial charge in [-0.2, -0.15) is 27.9 Å². The molecule has 2 aliphatic heterocycles. The monoisotopic (exact) mass is 1270 g/mol. The van der Waals surface area contributed by atoms with E-state index in [0.29, 0.717) is 49.4 Å². The zero-order chi connectivity index (χ0) is 63.4. The van der Waals surface area contributed by atoms with Gasteiger partial charge in [0.1, 0.15) is 48.2 Å². The van der Waals surface area contributed by atoms with Crippen LogP contribution in [0.5, 0.6) is 11.5 Å². The molecule has 37 heteroatoms. The van der Waals surface area contributed by atoms with Gasteiger partial charge in [0.15, 0.2) is 35.8 Å². The summed E-state index contributed by atoms with van der Waals surface area (Å²) >= 11 is 1.80. The summed E-state index contributed by atoms with van der Waals surface area (Å²) in [6.07, 6.45) is 0.142. The van der Waals surface area contributed by atoms with Crippen molar-refractivity contribution in [1.29, 1.82) is 0 Å². The lowest BCUT2D eigenvalue weighted by molar-refractivity contribution is -0.731. The van der Waals surface area contributed by atoms with Gasteiger partial charge in [0.2, 0.25) is 11.0 Å². The Hall–Kier alpha value is -8.69. The third kappa shape index (κ3) is 13.9. The molecule has 0 radical (unpaired) electrons. The van der Waals surface area contributed by atoms with Crippen LogP contribution in [0.4, 0.5) is 10.3 Å². The molecule has 2 aliphatic rings. The van der Waals surface area contributed by atoms with Crippen LogP contribution in [0, 0.1) is 11.8 Å². The van der Waals surface area contributed by atoms with Gasteiger partial charge < -0.3 is 74.4 Å². The summed E-state index contributed by atoms with van der Waals surface area (Å²) in [4.78, 5) is 98.5. The first kappa shape index (κ1) is 64.3. The van der Waals surface area contributed by atoms with E-state index in [1.807, 2.05) is 45.2 Å². The number of amides is 4. The maximum absolute atomic E-state index is 13.9. The molecule has 0 aliphatic carbocycles. The summed E-state index contributed by atoms with van der Waals surface area (Å²) in [5, 5.41) is 37.4. The first-order valence-electron chi connectivity index (χ1n) is 26.4. The third-order valence-corrected chi connectivity index (χ3v) is 16.4. The second kappa shape index (κ2) is 26.1. The van der Waals surface area contributed by atoms with Gasteiger partial charge >= 0.3 is 22.3 Å². The minimum Gasteiger partial charge on any atom is -0.489 e. The number of hydrogen-bond acceptors (Lipinski definition) is 26. The summed E-state index contributed by atoms with van der Waals surface area (Å²) in [5.41, 5.74) is 31.8. The molecule has 0 spiro atoms. The SMILES string of the molecule is C[n+]1c2ccc(OC[C@H](O/N=C(\C(=O)N[C@@H]3C(=O)N(OS(=O)(=O)ON4C(=O)[C@@H](NC(=O)/C(=N\O[C@@H](COc5ccc6c(c5)cn(CC(CN)CN)[n+]6C)C(=O)O)c5csc(N)n5)C4(C)C)C3(C)C)c3csc(N)n3)C(=O)O)cc2cn1CC(CN)CN. The molecule has 4 atom stereocenters. The van der Waals surface area contributed by atoms with E-state index in [4.69, 9.17) is 62.1 Å². The second-order valence-electron chi connectivity index (χ2n) is 21.1. The van der Waals surface area contributed by atoms with Crippen molar-refractivity contribution in [2.75, 3.05) is 50.9 Å². The average molecular weight is 1270 g/mol. The fourth-order valence-electron chi connectivity index (χ4n) is 9.10. The Labute approximate surface area is 503 Å². The number of hydrogen-bond donors (Lipinski definition) is 10. The quantitative estimate of drug-likeness (QED) is 0.00925. The van der Waals surface area contributed by atoms with Crippen LogP contribution in [0.25, 0.3) is 21.8 Å². The van der Waals surface area contributed by atoms with Crippen LogP contribution in [-0.4, -0.2) is 170 Å². The predicted molar refractivity (Wildman–Crippen MR) is 308 cm³/mol. The van der Waals surface area contributed by atoms with Crippen molar-refractivity contribution >= 4 is 112 Å². The highest BCUT2D eigenvalue weighted by Gasteiger charge is 2.61. The highest BCUT2D eigenvalue weighted by molar-refractivity contribution is 7.81. The number of carboxylic acids is 2. The number of rotatable bonds is 30. The number of nitrogen functional groups attached to an aromatic ring is 2. The molecule has 2 aromatic carbocycles. The molecule has 16 N–H and O–H groups in total. The normalized spacial score (nSPS) is 17.5. The predicted octanol–water partition coefficient (Wildman–Crippen LogP) is -3.09. The molecule has 2 saturated heterocycles. The fraction of sp³-hybridized carbons (Fsp3) is 0.440. The maximum Gasteiger partial charge on any atom is 0.442 e. The zero-order valence-electron chi connectivity index (χ0n) is 47.7. The van der Waals surface area contributed by atoms with E-state index >= 15 is 0 Å². The third-order valence-electron chi connectivity index (χ3n) is 14.4. The van der Waals surface area contributed by atoms with Crippen LogP contribution in [0.2, 0.25) is 0 Å². The molecular formula is C50H66N18O16S3+2. The number of fused-ring (bicyclic) bond motifs is 2. The number of nitrogens with zero attached hydrogens (tertiary/aromatic N) is 10. The van der Waals surface area contributed by atoms with E-state index in [2.05, 4.69) is 30.9 Å². The highest BCUT2D eigenvalue weighted by atomic mass is 32.3. The topological polar surface area (TPSA) is 487 Å². The van der Waals surface area contributed by atoms with Crippen LogP contribution in [-0.2, 0) is 84.6 Å². The van der Waals surface area contributed by atoms with E-state index in [1.54, 1.807) is 36.4 Å². The van der Waals surface area contributed by atoms with Crippen LogP contribution in [0.3, 0.4) is 0 Å². The van der Waals surface area contributed by atoms with Gasteiger partial charge in [0.25, 0.3) is 35.8 Å². The van der Waals surface area contributed by atoms with Crippen molar-refractivity contribution in [3.8, 4) is 11.5 Å². The standard InChI is InChI=1S/C50H64N18O16S3/c1-49(2)39(59-41(69)37(31-23-85-47(55)57-31)61-81-35(45(73)74)21-79-29-7-9-33-27(11-29)19-65(63(33)5)17-25(13-51)14-52)43(71)67(49)83-87(77,78)84-68-44(72)40(50(68,3)4)60-42(70)38(32-24-86-48(56)58-32)62-82-36(46(75)76)22-80-30-8-10-34-28(12-30)20-66(64(34)6)18-26(15-53)16-54/h7-12,19-20,23-26,35-36,39-40H,13-18,21-22,51-54H2,1-6H3,(H6-2,55,56,57,58,59,60,69,70,73,74,75,76)/p+2/b61-37-,62-38-/t35-,36-,39+,40+/m0/s1. The van der Waals surface area contributed by atoms with Gasteiger partial charge in [0, 0.05) is 34.7 Å². The van der Waals surface area contributed by atoms with Gasteiger partial charge in [-0.15, -0.1) is 40.6 Å². The number of thiazole rings is 2. The number of hydroxylamine groups is 4. The van der Waals surface area contributed by atoms with Gasteiger partial charge in [0.05, 0.1) is 47.3 Å². The average Bonchev–Trinajstić information content (AvgIpc) is 1.63. The molecule has 4 aromatic heterocycles. The number of aliphatic carboxylic acids is 2. The minimum atomic E-state index is -5.37. The molecular weight excluding hydrogens is 1200 g/mol. The number of oxime groups is 2. The maximum atomic E-state index is 13.9. The highest BCUT2D eigenvalue weighted by Crippen LogP contribution is 2.37. The smallest absolute Gasteiger partial charge is 0.442 e. The molecule has 0 saturated carbocycles. The summed E-state index contributed by atoms with van der Waals surface area (Å²) in [6, 6.07) is 7.11. The first-order valence-corrected chi connectivity index (χ1v) is 29.5. The lowest BCUT2D eigenvalue weighted by atomic mass is 9.84. The molecule has 0 unspecified atom stereocenters. The van der Waals surface area contributed by atoms with Crippen LogP contribution in [0.1, 0.15) is 39.1 Å². The number of aryl methyl sites for hydroxylation is 2. The molecule has 6 heterocycles. The lowest BCUT2D eigenvalue weighted by Gasteiger charge is -2.52. The Morgan fingerprint density at radius 1 is 0.667 bits per heavy atom. The van der Waals surface area contributed by atoms with Gasteiger partial charge in [-0.25, -0.2) is 19.6 Å². The Balaban J connectivity index is 0.878. The van der Waals surface area contributed by atoms with E-state index in [0.717, 1.165) is 44.5 Å². The Morgan fingerprint density at radius 3 is 1.34 bits per heavy atom. The number of nitrogens with one attached hydrogen (secondary N) is 2. The molecule has 87 heavy (non-hydrogen) atoms. The summed E-state index contributed by atoms with van der Waals surface area (Å²) in [7, 11) is -1.65. The zero-order valence-corrected chi connectivity index (χ0v) is 50.1. The van der Waals surface area contributed by atoms with Gasteiger partial charge in [-0.1, -0.05) is 10.3 Å². The van der Waals surface area contributed by atoms with Crippen LogP contribution < -0.4 is 63.9 Å². The van der Waals surface area contributed by atoms with Crippen molar-refractivity contribution in [2.24, 2.45) is 59.2 Å². The van der Waals surface area contributed by atoms with E-state index in [-0.39, 0.29) is 45.0 Å². The number of β-lactam (4-membered cyclic amide) rings is 2. The van der Waals surface area contributed by atoms with Gasteiger partial charge in [-0.05, 0) is 78.1 Å². The second-order valence-corrected chi connectivity index (χ2v) is 24.0.